The summed E-state index contributed by atoms with van der Waals surface area (Å²) >= 11 is 0. The normalized spacial score (nSPS) is 13.1. The van der Waals surface area contributed by atoms with Crippen LogP contribution in [0.4, 0.5) is 34.1 Å². The van der Waals surface area contributed by atoms with Gasteiger partial charge in [-0.25, -0.2) is 0 Å². The summed E-state index contributed by atoms with van der Waals surface area (Å²) in [5, 5.41) is 12.5. The summed E-state index contributed by atoms with van der Waals surface area (Å²) in [6, 6.07) is 12.8. The van der Waals surface area contributed by atoms with E-state index in [1.807, 2.05) is 0 Å². The van der Waals surface area contributed by atoms with Crippen molar-refractivity contribution in [2.75, 3.05) is 0 Å². The topological polar surface area (TPSA) is 423 Å². The first kappa shape index (κ1) is 53.5. The van der Waals surface area contributed by atoms with E-state index in [9.17, 15) is 77.8 Å². The average molecular weight is 1120 g/mol. The van der Waals surface area contributed by atoms with Crippen molar-refractivity contribution in [3.8, 4) is 0 Å². The number of nitrogens with one attached hydrogen (secondary N) is 2. The van der Waals surface area contributed by atoms with E-state index in [0.717, 1.165) is 84.9 Å². The molecule has 0 saturated heterocycles. The largest absolute Gasteiger partial charge is 1.00 e. The van der Waals surface area contributed by atoms with Gasteiger partial charge in [0.1, 0.15) is 29.4 Å². The standard InChI is InChI=1S/C34H24N6O18S6.2Cu/c35-33-23(15-29(63(53,54)55)21-3-1-5-25(31(21)33)59(41,42)43)39-37-19-11-9-17(27(13-19)61(47,48)49)7-8-18-10-12-20(14-28(18)62(50,51)52)38-40-24-16-30(64(56,57)58)22-4-2-6-26(60(44,45)46)32(22)34(24)36;;/h1-16,35-36H,(H,41,42,43)(H,44,45,46)(H,47,48,49)(H,50,51,52)(H,53,54,55)(H,56,57,58);;/q-2;2*+1. The van der Waals surface area contributed by atoms with Gasteiger partial charge in [0.2, 0.25) is 0 Å². The van der Waals surface area contributed by atoms with Crippen LogP contribution < -0.4 is 0 Å². The number of hydrogen-bond donors (Lipinski definition) is 6. The second-order valence-corrected chi connectivity index (χ2v) is 21.3. The first-order chi connectivity index (χ1) is 29.4. The third kappa shape index (κ3) is 11.3. The maximum absolute atomic E-state index is 12.5. The van der Waals surface area contributed by atoms with Crippen molar-refractivity contribution in [1.29, 1.82) is 0 Å². The molecule has 0 aromatic heterocycles. The van der Waals surface area contributed by atoms with Crippen LogP contribution in [-0.4, -0.2) is 77.8 Å². The van der Waals surface area contributed by atoms with Gasteiger partial charge in [-0.3, -0.25) is 27.3 Å². The number of hydrogen-bond acceptors (Lipinski definition) is 16. The molecular weight excluding hydrogens is 1100 g/mol. The Balaban J connectivity index is 0.00000476. The summed E-state index contributed by atoms with van der Waals surface area (Å²) < 4.78 is 206. The molecular formula is C34H24Cu2N6O18S6. The maximum Gasteiger partial charge on any atom is 1.00 e. The number of nitrogens with zero attached hydrogens (tertiary/aromatic N) is 4. The molecule has 0 aliphatic carbocycles. The number of benzene rings is 6. The summed E-state index contributed by atoms with van der Waals surface area (Å²) in [6.07, 6.45) is 1.92. The Bertz CT molecular complexity index is 3570. The molecule has 0 atom stereocenters. The predicted molar refractivity (Wildman–Crippen MR) is 225 cm³/mol. The fourth-order valence-corrected chi connectivity index (χ4v) is 10.4. The molecule has 0 radical (unpaired) electrons. The van der Waals surface area contributed by atoms with Crippen LogP contribution >= 0.6 is 0 Å². The molecule has 0 unspecified atom stereocenters. The summed E-state index contributed by atoms with van der Waals surface area (Å²) in [4.78, 5) is -5.49. The Morgan fingerprint density at radius 1 is 0.379 bits per heavy atom. The molecule has 0 spiro atoms. The zero-order valence-electron chi connectivity index (χ0n) is 31.7. The van der Waals surface area contributed by atoms with Gasteiger partial charge in [0.15, 0.2) is 0 Å². The van der Waals surface area contributed by atoms with E-state index in [1.165, 1.54) is 0 Å². The van der Waals surface area contributed by atoms with Gasteiger partial charge >= 0.3 is 34.1 Å². The molecule has 0 saturated carbocycles. The van der Waals surface area contributed by atoms with Crippen molar-refractivity contribution in [2.24, 2.45) is 20.5 Å². The third-order valence-electron chi connectivity index (χ3n) is 8.78. The number of fused-ring (bicyclic) bond motifs is 2. The molecule has 0 aliphatic heterocycles. The molecule has 0 heterocycles. The van der Waals surface area contributed by atoms with Crippen LogP contribution in [0.25, 0.3) is 45.2 Å². The molecule has 0 fully saturated rings. The van der Waals surface area contributed by atoms with Crippen LogP contribution in [-0.2, 0) is 94.8 Å². The van der Waals surface area contributed by atoms with Crippen LogP contribution in [0.5, 0.6) is 0 Å². The maximum atomic E-state index is 12.5. The molecule has 24 nitrogen and oxygen atoms in total. The van der Waals surface area contributed by atoms with Gasteiger partial charge in [0.05, 0.1) is 22.7 Å². The fourth-order valence-electron chi connectivity index (χ4n) is 6.10. The molecule has 6 rings (SSSR count). The van der Waals surface area contributed by atoms with Gasteiger partial charge in [-0.05, 0) is 70.4 Å². The second-order valence-electron chi connectivity index (χ2n) is 12.9. The van der Waals surface area contributed by atoms with Crippen molar-refractivity contribution in [1.82, 2.24) is 0 Å². The summed E-state index contributed by atoms with van der Waals surface area (Å²) in [5.41, 5.74) is 12.5. The van der Waals surface area contributed by atoms with Crippen LogP contribution in [0.3, 0.4) is 0 Å². The van der Waals surface area contributed by atoms with E-state index in [1.54, 1.807) is 0 Å². The Morgan fingerprint density at radius 3 is 0.970 bits per heavy atom. The monoisotopic (exact) mass is 1120 g/mol. The minimum absolute atomic E-state index is 0. The van der Waals surface area contributed by atoms with Crippen LogP contribution in [0, 0.1) is 0 Å². The van der Waals surface area contributed by atoms with E-state index < -0.39 is 146 Å². The van der Waals surface area contributed by atoms with Gasteiger partial charge in [-0.1, -0.05) is 48.6 Å². The summed E-state index contributed by atoms with van der Waals surface area (Å²) in [7, 11) is -30.7. The molecule has 32 heteroatoms. The van der Waals surface area contributed by atoms with Crippen molar-refractivity contribution >= 4 is 129 Å². The SMILES string of the molecule is [Cu+].[Cu+].[NH-]c1c(N=Nc2ccc(C=Cc3ccc(N=Nc4cc(S(=O)(=O)O)c5cccc(S(=O)(=O)O)c5c4[NH-])cc3S(=O)(=O)O)c(S(=O)(=O)O)c2)cc(S(=O)(=O)O)c2cccc(S(=O)(=O)O)c12. The van der Waals surface area contributed by atoms with Gasteiger partial charge in [-0.2, -0.15) is 71.0 Å². The van der Waals surface area contributed by atoms with E-state index in [2.05, 4.69) is 20.5 Å². The molecule has 6 aromatic carbocycles. The fraction of sp³-hybridized carbons (Fsp3) is 0. The molecule has 0 amide bonds. The van der Waals surface area contributed by atoms with E-state index in [0.29, 0.717) is 12.1 Å². The van der Waals surface area contributed by atoms with Gasteiger partial charge < -0.3 is 11.5 Å². The number of rotatable bonds is 12. The van der Waals surface area contributed by atoms with Gasteiger partial charge in [-0.15, -0.1) is 11.4 Å². The first-order valence-electron chi connectivity index (χ1n) is 16.6. The summed E-state index contributed by atoms with van der Waals surface area (Å²) in [5.74, 6) is 0. The molecule has 6 aromatic rings. The van der Waals surface area contributed by atoms with E-state index in [-0.39, 0.29) is 45.3 Å². The first-order valence-corrected chi connectivity index (χ1v) is 25.3. The Hall–Kier alpha value is -5.12. The van der Waals surface area contributed by atoms with Gasteiger partial charge in [0.25, 0.3) is 60.7 Å². The van der Waals surface area contributed by atoms with Gasteiger partial charge in [0, 0.05) is 10.8 Å². The van der Waals surface area contributed by atoms with Crippen molar-refractivity contribution in [3.63, 3.8) is 0 Å². The number of azo groups is 2. The average Bonchev–Trinajstić information content (AvgIpc) is 3.17. The van der Waals surface area contributed by atoms with Crippen molar-refractivity contribution < 1.29 is 112 Å². The molecule has 356 valence electrons. The quantitative estimate of drug-likeness (QED) is 0.0294. The molecule has 0 bridgehead atoms. The Kier molecular flexibility index (Phi) is 15.3. The van der Waals surface area contributed by atoms with Crippen molar-refractivity contribution in [2.45, 2.75) is 29.4 Å². The Labute approximate surface area is 395 Å². The Morgan fingerprint density at radius 2 is 0.682 bits per heavy atom. The van der Waals surface area contributed by atoms with Crippen LogP contribution in [0.15, 0.2) is 135 Å². The molecule has 66 heavy (non-hydrogen) atoms. The zero-order chi connectivity index (χ0) is 47.5. The second kappa shape index (κ2) is 18.9. The summed E-state index contributed by atoms with van der Waals surface area (Å²) in [6.45, 7) is 0. The van der Waals surface area contributed by atoms with Crippen LogP contribution in [0.2, 0.25) is 0 Å². The molecule has 8 N–H and O–H groups in total. The minimum Gasteiger partial charge on any atom is -0.696 e. The zero-order valence-corrected chi connectivity index (χ0v) is 38.4. The smallest absolute Gasteiger partial charge is 0.696 e. The van der Waals surface area contributed by atoms with Crippen LogP contribution in [0.1, 0.15) is 11.1 Å². The van der Waals surface area contributed by atoms with E-state index >= 15 is 0 Å². The predicted octanol–water partition coefficient (Wildman–Crippen LogP) is 7.84. The third-order valence-corrected chi connectivity index (χ3v) is 14.2. The van der Waals surface area contributed by atoms with Crippen molar-refractivity contribution in [3.05, 3.63) is 108 Å². The van der Waals surface area contributed by atoms with E-state index in [4.69, 9.17) is 11.5 Å². The molecule has 0 aliphatic rings. The minimum atomic E-state index is -5.16.